The SMILES string of the molecule is CC(Cc1ccccc1)N1CCNCC1.Cl.Cl. The van der Waals surface area contributed by atoms with Gasteiger partial charge in [-0.05, 0) is 18.9 Å². The molecule has 0 saturated carbocycles. The quantitative estimate of drug-likeness (QED) is 0.912. The van der Waals surface area contributed by atoms with Crippen molar-refractivity contribution in [3.63, 3.8) is 0 Å². The van der Waals surface area contributed by atoms with Gasteiger partial charge in [-0.15, -0.1) is 24.8 Å². The zero-order chi connectivity index (χ0) is 10.5. The Labute approximate surface area is 117 Å². The molecule has 4 heteroatoms. The highest BCUT2D eigenvalue weighted by atomic mass is 35.5. The van der Waals surface area contributed by atoms with E-state index in [0.717, 1.165) is 13.1 Å². The van der Waals surface area contributed by atoms with Crippen molar-refractivity contribution in [1.82, 2.24) is 10.2 Å². The highest BCUT2D eigenvalue weighted by Crippen LogP contribution is 2.09. The van der Waals surface area contributed by atoms with Crippen LogP contribution in [0.4, 0.5) is 0 Å². The third-order valence-electron chi connectivity index (χ3n) is 3.15. The lowest BCUT2D eigenvalue weighted by atomic mass is 10.1. The minimum absolute atomic E-state index is 0. The van der Waals surface area contributed by atoms with Gasteiger partial charge in [0.1, 0.15) is 0 Å². The van der Waals surface area contributed by atoms with Crippen LogP contribution >= 0.6 is 24.8 Å². The molecule has 1 unspecified atom stereocenters. The standard InChI is InChI=1S/C13H20N2.2ClH/c1-12(15-9-7-14-8-10-15)11-13-5-3-2-4-6-13;;/h2-6,12,14H,7-11H2,1H3;2*1H. The Hall–Kier alpha value is -0.280. The molecule has 17 heavy (non-hydrogen) atoms. The van der Waals surface area contributed by atoms with Crippen molar-refractivity contribution in [2.75, 3.05) is 26.2 Å². The summed E-state index contributed by atoms with van der Waals surface area (Å²) in [4.78, 5) is 2.57. The predicted octanol–water partition coefficient (Wildman–Crippen LogP) is 2.37. The highest BCUT2D eigenvalue weighted by molar-refractivity contribution is 5.85. The predicted molar refractivity (Wildman–Crippen MR) is 78.5 cm³/mol. The van der Waals surface area contributed by atoms with Gasteiger partial charge in [-0.25, -0.2) is 0 Å². The van der Waals surface area contributed by atoms with Crippen molar-refractivity contribution in [3.05, 3.63) is 35.9 Å². The summed E-state index contributed by atoms with van der Waals surface area (Å²) in [7, 11) is 0. The van der Waals surface area contributed by atoms with Crippen LogP contribution in [0.1, 0.15) is 12.5 Å². The van der Waals surface area contributed by atoms with Crippen LogP contribution in [0.25, 0.3) is 0 Å². The first-order valence-corrected chi connectivity index (χ1v) is 5.85. The maximum atomic E-state index is 3.39. The lowest BCUT2D eigenvalue weighted by molar-refractivity contribution is 0.183. The zero-order valence-corrected chi connectivity index (χ0v) is 11.9. The van der Waals surface area contributed by atoms with Crippen LogP contribution in [0.3, 0.4) is 0 Å². The van der Waals surface area contributed by atoms with Gasteiger partial charge < -0.3 is 5.32 Å². The number of benzene rings is 1. The molecule has 1 atom stereocenters. The maximum Gasteiger partial charge on any atom is 0.0110 e. The molecule has 0 bridgehead atoms. The zero-order valence-electron chi connectivity index (χ0n) is 10.3. The summed E-state index contributed by atoms with van der Waals surface area (Å²) in [5, 5.41) is 3.39. The molecule has 1 saturated heterocycles. The molecule has 2 rings (SSSR count). The molecule has 1 aliphatic rings. The summed E-state index contributed by atoms with van der Waals surface area (Å²) in [5.74, 6) is 0. The number of piperazine rings is 1. The van der Waals surface area contributed by atoms with E-state index in [-0.39, 0.29) is 24.8 Å². The molecule has 0 aromatic heterocycles. The van der Waals surface area contributed by atoms with Gasteiger partial charge in [0.15, 0.2) is 0 Å². The fraction of sp³-hybridized carbons (Fsp3) is 0.538. The Kier molecular flexibility index (Phi) is 8.61. The summed E-state index contributed by atoms with van der Waals surface area (Å²) < 4.78 is 0. The van der Waals surface area contributed by atoms with Gasteiger partial charge in [-0.2, -0.15) is 0 Å². The first-order valence-electron chi connectivity index (χ1n) is 5.85. The van der Waals surface area contributed by atoms with Crippen molar-refractivity contribution in [2.45, 2.75) is 19.4 Å². The Morgan fingerprint density at radius 3 is 2.29 bits per heavy atom. The average molecular weight is 277 g/mol. The van der Waals surface area contributed by atoms with E-state index in [9.17, 15) is 0 Å². The van der Waals surface area contributed by atoms with E-state index in [4.69, 9.17) is 0 Å². The molecule has 1 N–H and O–H groups in total. The number of hydrogen-bond acceptors (Lipinski definition) is 2. The Bertz CT molecular complexity index is 287. The summed E-state index contributed by atoms with van der Waals surface area (Å²) in [6.07, 6.45) is 1.17. The molecule has 2 nitrogen and oxygen atoms in total. The van der Waals surface area contributed by atoms with E-state index < -0.39 is 0 Å². The number of nitrogens with one attached hydrogen (secondary N) is 1. The third kappa shape index (κ3) is 5.26. The van der Waals surface area contributed by atoms with Gasteiger partial charge in [-0.1, -0.05) is 30.3 Å². The third-order valence-corrected chi connectivity index (χ3v) is 3.15. The van der Waals surface area contributed by atoms with Crippen LogP contribution < -0.4 is 5.32 Å². The van der Waals surface area contributed by atoms with Gasteiger partial charge in [0, 0.05) is 32.2 Å². The van der Waals surface area contributed by atoms with E-state index in [1.807, 2.05) is 0 Å². The minimum Gasteiger partial charge on any atom is -0.314 e. The topological polar surface area (TPSA) is 15.3 Å². The van der Waals surface area contributed by atoms with Crippen LogP contribution in [0, 0.1) is 0 Å². The van der Waals surface area contributed by atoms with Crippen molar-refractivity contribution in [1.29, 1.82) is 0 Å². The van der Waals surface area contributed by atoms with Crippen molar-refractivity contribution in [3.8, 4) is 0 Å². The van der Waals surface area contributed by atoms with E-state index in [1.54, 1.807) is 0 Å². The molecule has 1 aromatic rings. The Morgan fingerprint density at radius 1 is 1.12 bits per heavy atom. The normalized spacial score (nSPS) is 17.7. The van der Waals surface area contributed by atoms with Crippen molar-refractivity contribution >= 4 is 24.8 Å². The fourth-order valence-corrected chi connectivity index (χ4v) is 2.21. The Balaban J connectivity index is 0.00000128. The molecule has 0 aliphatic carbocycles. The van der Waals surface area contributed by atoms with Crippen LogP contribution in [-0.4, -0.2) is 37.1 Å². The Morgan fingerprint density at radius 2 is 1.71 bits per heavy atom. The maximum absolute atomic E-state index is 3.39. The summed E-state index contributed by atoms with van der Waals surface area (Å²) in [6.45, 7) is 6.98. The smallest absolute Gasteiger partial charge is 0.0110 e. The summed E-state index contributed by atoms with van der Waals surface area (Å²) in [6, 6.07) is 11.4. The van der Waals surface area contributed by atoms with Crippen LogP contribution in [0.15, 0.2) is 30.3 Å². The first-order chi connectivity index (χ1) is 7.36. The summed E-state index contributed by atoms with van der Waals surface area (Å²) in [5.41, 5.74) is 1.45. The molecular formula is C13H22Cl2N2. The number of rotatable bonds is 3. The molecular weight excluding hydrogens is 255 g/mol. The second-order valence-electron chi connectivity index (χ2n) is 4.32. The molecule has 1 heterocycles. The van der Waals surface area contributed by atoms with Crippen LogP contribution in [0.5, 0.6) is 0 Å². The van der Waals surface area contributed by atoms with Gasteiger partial charge in [0.25, 0.3) is 0 Å². The lowest BCUT2D eigenvalue weighted by Crippen LogP contribution is -2.48. The van der Waals surface area contributed by atoms with Crippen molar-refractivity contribution < 1.29 is 0 Å². The highest BCUT2D eigenvalue weighted by Gasteiger charge is 2.16. The van der Waals surface area contributed by atoms with Crippen LogP contribution in [0.2, 0.25) is 0 Å². The minimum atomic E-state index is 0. The largest absolute Gasteiger partial charge is 0.314 e. The van der Waals surface area contributed by atoms with Gasteiger partial charge >= 0.3 is 0 Å². The molecule has 0 spiro atoms. The number of halogens is 2. The van der Waals surface area contributed by atoms with E-state index in [1.165, 1.54) is 25.1 Å². The van der Waals surface area contributed by atoms with Gasteiger partial charge in [0.05, 0.1) is 0 Å². The molecule has 1 aromatic carbocycles. The van der Waals surface area contributed by atoms with Crippen LogP contribution in [-0.2, 0) is 6.42 Å². The number of hydrogen-bond donors (Lipinski definition) is 1. The van der Waals surface area contributed by atoms with Gasteiger partial charge in [0.2, 0.25) is 0 Å². The van der Waals surface area contributed by atoms with Gasteiger partial charge in [-0.3, -0.25) is 4.90 Å². The van der Waals surface area contributed by atoms with E-state index >= 15 is 0 Å². The molecule has 0 amide bonds. The van der Waals surface area contributed by atoms with E-state index in [2.05, 4.69) is 47.5 Å². The second kappa shape index (κ2) is 8.76. The second-order valence-corrected chi connectivity index (χ2v) is 4.32. The molecule has 0 radical (unpaired) electrons. The van der Waals surface area contributed by atoms with E-state index in [0.29, 0.717) is 6.04 Å². The molecule has 98 valence electrons. The van der Waals surface area contributed by atoms with Crippen molar-refractivity contribution in [2.24, 2.45) is 0 Å². The fourth-order valence-electron chi connectivity index (χ4n) is 2.21. The average Bonchev–Trinajstić information content (AvgIpc) is 2.31. The lowest BCUT2D eigenvalue weighted by Gasteiger charge is -2.32. The first kappa shape index (κ1) is 16.7. The molecule has 1 fully saturated rings. The molecule has 1 aliphatic heterocycles. The summed E-state index contributed by atoms with van der Waals surface area (Å²) >= 11 is 0. The monoisotopic (exact) mass is 276 g/mol. The number of nitrogens with zero attached hydrogens (tertiary/aromatic N) is 1.